The molecule has 0 atom stereocenters. The van der Waals surface area contributed by atoms with Crippen LogP contribution in [0.2, 0.25) is 0 Å². The minimum atomic E-state index is -0.517. The van der Waals surface area contributed by atoms with Gasteiger partial charge in [-0.1, -0.05) is 6.07 Å². The van der Waals surface area contributed by atoms with E-state index in [1.165, 1.54) is 18.2 Å². The number of nitrogens with zero attached hydrogens (tertiary/aromatic N) is 1. The Labute approximate surface area is 177 Å². The van der Waals surface area contributed by atoms with Gasteiger partial charge in [-0.2, -0.15) is 0 Å². The number of halogens is 3. The summed E-state index contributed by atoms with van der Waals surface area (Å²) in [4.78, 5) is 4.11. The summed E-state index contributed by atoms with van der Waals surface area (Å²) in [5.74, 6) is 0.198. The summed E-state index contributed by atoms with van der Waals surface area (Å²) in [6.07, 6.45) is 3.29. The van der Waals surface area contributed by atoms with Gasteiger partial charge < -0.3 is 20.1 Å². The van der Waals surface area contributed by atoms with Gasteiger partial charge in [-0.25, -0.2) is 8.78 Å². The quantitative estimate of drug-likeness (QED) is 0.238. The lowest BCUT2D eigenvalue weighted by atomic mass is 10.0. The number of aliphatic imine (C=N–C) groups is 1. The number of hydrogen-bond donors (Lipinski definition) is 2. The molecule has 2 N–H and O–H groups in total. The second-order valence-corrected chi connectivity index (χ2v) is 6.36. The minimum Gasteiger partial charge on any atom is -0.381 e. The van der Waals surface area contributed by atoms with Crippen LogP contribution in [0.25, 0.3) is 0 Å². The number of benzene rings is 1. The van der Waals surface area contributed by atoms with Crippen molar-refractivity contribution in [1.29, 1.82) is 0 Å². The molecule has 0 saturated carbocycles. The summed E-state index contributed by atoms with van der Waals surface area (Å²) in [5, 5.41) is 6.24. The van der Waals surface area contributed by atoms with Gasteiger partial charge in [0, 0.05) is 52.1 Å². The number of hydrogen-bond acceptors (Lipinski definition) is 3. The molecular formula is C19H30F2IN3O2. The van der Waals surface area contributed by atoms with E-state index < -0.39 is 11.6 Å². The van der Waals surface area contributed by atoms with E-state index in [1.807, 2.05) is 0 Å². The smallest absolute Gasteiger partial charge is 0.190 e. The molecule has 1 aromatic rings. The van der Waals surface area contributed by atoms with Crippen molar-refractivity contribution in [1.82, 2.24) is 10.6 Å². The first-order valence-corrected chi connectivity index (χ1v) is 9.23. The van der Waals surface area contributed by atoms with Crippen molar-refractivity contribution in [3.63, 3.8) is 0 Å². The molecule has 8 heteroatoms. The van der Waals surface area contributed by atoms with Crippen molar-refractivity contribution in [3.8, 4) is 0 Å². The Kier molecular flexibility index (Phi) is 12.5. The summed E-state index contributed by atoms with van der Waals surface area (Å²) in [5.41, 5.74) is 0.0944. The predicted molar refractivity (Wildman–Crippen MR) is 114 cm³/mol. The Morgan fingerprint density at radius 3 is 2.52 bits per heavy atom. The second kappa shape index (κ2) is 14.1. The SMILES string of the molecule is CN=C(NCCCOCC1CCOCC1)NCCc1c(F)cccc1F.I. The van der Waals surface area contributed by atoms with Crippen molar-refractivity contribution in [2.75, 3.05) is 46.6 Å². The molecule has 5 nitrogen and oxygen atoms in total. The summed E-state index contributed by atoms with van der Waals surface area (Å²) < 4.78 is 38.2. The van der Waals surface area contributed by atoms with Crippen LogP contribution in [0.5, 0.6) is 0 Å². The Hall–Kier alpha value is -1.000. The first-order chi connectivity index (χ1) is 12.7. The van der Waals surface area contributed by atoms with Gasteiger partial charge in [0.2, 0.25) is 0 Å². The molecule has 0 amide bonds. The molecule has 0 unspecified atom stereocenters. The van der Waals surface area contributed by atoms with Gasteiger partial charge in [0.15, 0.2) is 5.96 Å². The first kappa shape index (κ1) is 24.0. The fraction of sp³-hybridized carbons (Fsp3) is 0.632. The zero-order chi connectivity index (χ0) is 18.6. The third-order valence-electron chi connectivity index (χ3n) is 4.41. The van der Waals surface area contributed by atoms with Crippen LogP contribution in [0.3, 0.4) is 0 Å². The van der Waals surface area contributed by atoms with Crippen LogP contribution in [0.4, 0.5) is 8.78 Å². The highest BCUT2D eigenvalue weighted by atomic mass is 127. The maximum atomic E-state index is 13.6. The van der Waals surface area contributed by atoms with Gasteiger partial charge in [0.1, 0.15) is 11.6 Å². The van der Waals surface area contributed by atoms with Crippen LogP contribution in [0.1, 0.15) is 24.8 Å². The molecule has 1 heterocycles. The van der Waals surface area contributed by atoms with E-state index in [0.29, 0.717) is 25.0 Å². The van der Waals surface area contributed by atoms with Crippen LogP contribution in [0.15, 0.2) is 23.2 Å². The average molecular weight is 497 g/mol. The fourth-order valence-electron chi connectivity index (χ4n) is 2.84. The normalized spacial score (nSPS) is 15.3. The molecule has 1 fully saturated rings. The predicted octanol–water partition coefficient (Wildman–Crippen LogP) is 3.12. The molecule has 0 spiro atoms. The Morgan fingerprint density at radius 1 is 1.19 bits per heavy atom. The molecule has 0 radical (unpaired) electrons. The van der Waals surface area contributed by atoms with Crippen molar-refractivity contribution in [2.45, 2.75) is 25.7 Å². The Bertz CT molecular complexity index is 550. The maximum absolute atomic E-state index is 13.6. The van der Waals surface area contributed by atoms with Crippen molar-refractivity contribution in [2.24, 2.45) is 10.9 Å². The summed E-state index contributed by atoms with van der Waals surface area (Å²) in [6, 6.07) is 3.91. The molecule has 27 heavy (non-hydrogen) atoms. The largest absolute Gasteiger partial charge is 0.381 e. The molecule has 0 bridgehead atoms. The minimum absolute atomic E-state index is 0. The average Bonchev–Trinajstić information content (AvgIpc) is 2.66. The van der Waals surface area contributed by atoms with Gasteiger partial charge in [-0.05, 0) is 43.7 Å². The van der Waals surface area contributed by atoms with E-state index in [4.69, 9.17) is 9.47 Å². The molecule has 1 saturated heterocycles. The third-order valence-corrected chi connectivity index (χ3v) is 4.41. The molecule has 2 rings (SSSR count). The van der Waals surface area contributed by atoms with Crippen LogP contribution >= 0.6 is 24.0 Å². The van der Waals surface area contributed by atoms with Crippen LogP contribution < -0.4 is 10.6 Å². The number of rotatable bonds is 9. The lowest BCUT2D eigenvalue weighted by molar-refractivity contribution is 0.0203. The fourth-order valence-corrected chi connectivity index (χ4v) is 2.84. The van der Waals surface area contributed by atoms with Gasteiger partial charge in [-0.15, -0.1) is 24.0 Å². The first-order valence-electron chi connectivity index (χ1n) is 9.23. The van der Waals surface area contributed by atoms with Gasteiger partial charge in [0.25, 0.3) is 0 Å². The van der Waals surface area contributed by atoms with Crippen molar-refractivity contribution >= 4 is 29.9 Å². The molecule has 1 aliphatic heterocycles. The lowest BCUT2D eigenvalue weighted by Gasteiger charge is -2.21. The van der Waals surface area contributed by atoms with E-state index >= 15 is 0 Å². The standard InChI is InChI=1S/C19H29F2N3O2.HI/c1-22-19(24-10-6-16-17(20)4-2-5-18(16)21)23-9-3-11-26-14-15-7-12-25-13-8-15;/h2,4-5,15H,3,6-14H2,1H3,(H2,22,23,24);1H. The molecular weight excluding hydrogens is 467 g/mol. The van der Waals surface area contributed by atoms with E-state index in [-0.39, 0.29) is 36.0 Å². The van der Waals surface area contributed by atoms with Crippen molar-refractivity contribution in [3.05, 3.63) is 35.4 Å². The van der Waals surface area contributed by atoms with E-state index in [0.717, 1.165) is 45.6 Å². The monoisotopic (exact) mass is 497 g/mol. The Morgan fingerprint density at radius 2 is 1.85 bits per heavy atom. The zero-order valence-electron chi connectivity index (χ0n) is 15.8. The Balaban J connectivity index is 0.00000364. The summed E-state index contributed by atoms with van der Waals surface area (Å²) >= 11 is 0. The van der Waals surface area contributed by atoms with Crippen LogP contribution in [0, 0.1) is 17.6 Å². The summed E-state index contributed by atoms with van der Waals surface area (Å²) in [7, 11) is 1.67. The summed E-state index contributed by atoms with van der Waals surface area (Å²) in [6.45, 7) is 4.30. The highest BCUT2D eigenvalue weighted by molar-refractivity contribution is 14.0. The second-order valence-electron chi connectivity index (χ2n) is 6.36. The maximum Gasteiger partial charge on any atom is 0.190 e. The van der Waals surface area contributed by atoms with Crippen LogP contribution in [-0.4, -0.2) is 52.5 Å². The number of ether oxygens (including phenoxy) is 2. The molecule has 1 aliphatic rings. The van der Waals surface area contributed by atoms with Gasteiger partial charge in [0.05, 0.1) is 0 Å². The molecule has 0 aliphatic carbocycles. The molecule has 1 aromatic carbocycles. The third kappa shape index (κ3) is 9.16. The highest BCUT2D eigenvalue weighted by Crippen LogP contribution is 2.14. The van der Waals surface area contributed by atoms with Gasteiger partial charge in [-0.3, -0.25) is 4.99 Å². The molecule has 0 aromatic heterocycles. The zero-order valence-corrected chi connectivity index (χ0v) is 18.1. The number of guanidine groups is 1. The highest BCUT2D eigenvalue weighted by Gasteiger charge is 2.13. The van der Waals surface area contributed by atoms with Crippen molar-refractivity contribution < 1.29 is 18.3 Å². The van der Waals surface area contributed by atoms with Crippen LogP contribution in [-0.2, 0) is 15.9 Å². The van der Waals surface area contributed by atoms with E-state index in [2.05, 4.69) is 15.6 Å². The van der Waals surface area contributed by atoms with Gasteiger partial charge >= 0.3 is 0 Å². The topological polar surface area (TPSA) is 54.9 Å². The molecule has 154 valence electrons. The van der Waals surface area contributed by atoms with E-state index in [1.54, 1.807) is 7.05 Å². The number of nitrogens with one attached hydrogen (secondary N) is 2. The van der Waals surface area contributed by atoms with E-state index in [9.17, 15) is 8.78 Å². The lowest BCUT2D eigenvalue weighted by Crippen LogP contribution is -2.39.